The highest BCUT2D eigenvalue weighted by molar-refractivity contribution is 6.30. The number of aromatic carboxylic acids is 1. The van der Waals surface area contributed by atoms with E-state index in [0.717, 1.165) is 13.1 Å². The summed E-state index contributed by atoms with van der Waals surface area (Å²) in [5.41, 5.74) is 0.817. The zero-order valence-electron chi connectivity index (χ0n) is 12.5. The number of carboxylic acids is 1. The fourth-order valence-corrected chi connectivity index (χ4v) is 4.02. The van der Waals surface area contributed by atoms with Gasteiger partial charge in [0.05, 0.1) is 0 Å². The maximum Gasteiger partial charge on any atom is 0.343 e. The molecule has 1 aliphatic carbocycles. The van der Waals surface area contributed by atoms with Crippen molar-refractivity contribution in [2.75, 3.05) is 18.0 Å². The van der Waals surface area contributed by atoms with Gasteiger partial charge in [0.25, 0.3) is 0 Å². The minimum Gasteiger partial charge on any atom is -0.477 e. The topological polar surface area (TPSA) is 66.6 Å². The molecule has 23 heavy (non-hydrogen) atoms. The Morgan fingerprint density at radius 3 is 2.48 bits per heavy atom. The summed E-state index contributed by atoms with van der Waals surface area (Å²) in [5, 5.41) is 14.3. The summed E-state index contributed by atoms with van der Waals surface area (Å²) in [6.07, 6.45) is 3.74. The second-order valence-electron chi connectivity index (χ2n) is 6.38. The van der Waals surface area contributed by atoms with E-state index >= 15 is 0 Å². The van der Waals surface area contributed by atoms with Gasteiger partial charge in [0.2, 0.25) is 0 Å². The molecule has 1 saturated carbocycles. The molecule has 0 spiro atoms. The molecule has 2 heterocycles. The first-order valence-electron chi connectivity index (χ1n) is 7.87. The van der Waals surface area contributed by atoms with Crippen molar-refractivity contribution in [2.45, 2.75) is 19.3 Å². The Hall–Kier alpha value is -2.01. The van der Waals surface area contributed by atoms with Gasteiger partial charge in [-0.3, -0.25) is 0 Å². The minimum atomic E-state index is -1.01. The molecule has 0 bridgehead atoms. The van der Waals surface area contributed by atoms with Gasteiger partial charge in [-0.1, -0.05) is 23.2 Å². The lowest BCUT2D eigenvalue weighted by Crippen LogP contribution is -2.23. The molecule has 1 N–H and O–H groups in total. The van der Waals surface area contributed by atoms with Crippen molar-refractivity contribution in [1.82, 2.24) is 5.16 Å². The highest BCUT2D eigenvalue weighted by atomic mass is 35.5. The van der Waals surface area contributed by atoms with E-state index in [-0.39, 0.29) is 5.56 Å². The molecule has 6 heteroatoms. The minimum absolute atomic E-state index is 0.146. The van der Waals surface area contributed by atoms with Gasteiger partial charge < -0.3 is 14.5 Å². The van der Waals surface area contributed by atoms with Crippen LogP contribution >= 0.6 is 11.6 Å². The normalized spacial score (nSPS) is 23.3. The third-order valence-corrected chi connectivity index (χ3v) is 5.27. The molecule has 120 valence electrons. The third kappa shape index (κ3) is 2.49. The van der Waals surface area contributed by atoms with E-state index in [1.807, 2.05) is 0 Å². The van der Waals surface area contributed by atoms with Crippen LogP contribution in [0.3, 0.4) is 0 Å². The van der Waals surface area contributed by atoms with Crippen molar-refractivity contribution in [2.24, 2.45) is 11.8 Å². The van der Waals surface area contributed by atoms with E-state index in [0.29, 0.717) is 34.0 Å². The van der Waals surface area contributed by atoms with Crippen LogP contribution in [0, 0.1) is 11.8 Å². The SMILES string of the molecule is O=C(O)c1c(N2C[C@H]3CCC[C@H]3C2)noc1-c1ccc(Cl)cc1. The zero-order valence-corrected chi connectivity index (χ0v) is 13.3. The Morgan fingerprint density at radius 2 is 1.87 bits per heavy atom. The lowest BCUT2D eigenvalue weighted by atomic mass is 10.0. The summed E-state index contributed by atoms with van der Waals surface area (Å²) in [6, 6.07) is 6.92. The smallest absolute Gasteiger partial charge is 0.343 e. The molecule has 1 saturated heterocycles. The van der Waals surface area contributed by atoms with E-state index in [9.17, 15) is 9.90 Å². The van der Waals surface area contributed by atoms with Crippen LogP contribution < -0.4 is 4.90 Å². The van der Waals surface area contributed by atoms with Crippen LogP contribution in [-0.2, 0) is 0 Å². The van der Waals surface area contributed by atoms with E-state index < -0.39 is 5.97 Å². The van der Waals surface area contributed by atoms with Crippen molar-refractivity contribution >= 4 is 23.4 Å². The Labute approximate surface area is 138 Å². The summed E-state index contributed by atoms with van der Waals surface area (Å²) in [6.45, 7) is 1.75. The number of rotatable bonds is 3. The van der Waals surface area contributed by atoms with E-state index in [2.05, 4.69) is 10.1 Å². The zero-order chi connectivity index (χ0) is 16.0. The van der Waals surface area contributed by atoms with Gasteiger partial charge in [0.1, 0.15) is 0 Å². The number of hydrogen-bond acceptors (Lipinski definition) is 4. The number of anilines is 1. The fourth-order valence-electron chi connectivity index (χ4n) is 3.90. The van der Waals surface area contributed by atoms with Gasteiger partial charge in [0, 0.05) is 23.7 Å². The maximum absolute atomic E-state index is 11.8. The van der Waals surface area contributed by atoms with Crippen molar-refractivity contribution in [3.63, 3.8) is 0 Å². The van der Waals surface area contributed by atoms with Crippen LogP contribution in [0.1, 0.15) is 29.6 Å². The van der Waals surface area contributed by atoms with E-state index in [1.54, 1.807) is 24.3 Å². The number of halogens is 1. The van der Waals surface area contributed by atoms with E-state index in [4.69, 9.17) is 16.1 Å². The molecule has 1 aromatic carbocycles. The number of aromatic nitrogens is 1. The highest BCUT2D eigenvalue weighted by Crippen LogP contribution is 2.41. The van der Waals surface area contributed by atoms with Crippen molar-refractivity contribution in [3.8, 4) is 11.3 Å². The average molecular weight is 333 g/mol. The number of nitrogens with zero attached hydrogens (tertiary/aromatic N) is 2. The van der Waals surface area contributed by atoms with Crippen molar-refractivity contribution in [3.05, 3.63) is 34.9 Å². The Kier molecular flexibility index (Phi) is 3.53. The molecule has 2 fully saturated rings. The molecule has 5 nitrogen and oxygen atoms in total. The summed E-state index contributed by atoms with van der Waals surface area (Å²) in [4.78, 5) is 13.9. The van der Waals surface area contributed by atoms with Crippen molar-refractivity contribution in [1.29, 1.82) is 0 Å². The van der Waals surface area contributed by atoms with Crippen LogP contribution in [0.2, 0.25) is 5.02 Å². The molecule has 0 radical (unpaired) electrons. The van der Waals surface area contributed by atoms with Gasteiger partial charge in [-0.15, -0.1) is 0 Å². The molecule has 0 unspecified atom stereocenters. The monoisotopic (exact) mass is 332 g/mol. The summed E-state index contributed by atoms with van der Waals surface area (Å²) in [5.74, 6) is 1.06. The number of fused-ring (bicyclic) bond motifs is 1. The van der Waals surface area contributed by atoms with Crippen LogP contribution in [0.15, 0.2) is 28.8 Å². The summed E-state index contributed by atoms with van der Waals surface area (Å²) >= 11 is 5.89. The third-order valence-electron chi connectivity index (χ3n) is 5.02. The Bertz CT molecular complexity index is 729. The van der Waals surface area contributed by atoms with Gasteiger partial charge in [-0.05, 0) is 48.9 Å². The number of carbonyl (C=O) groups is 1. The molecular formula is C17H17ClN2O3. The van der Waals surface area contributed by atoms with Crippen LogP contribution in [0.4, 0.5) is 5.82 Å². The lowest BCUT2D eigenvalue weighted by molar-refractivity contribution is 0.0698. The van der Waals surface area contributed by atoms with Crippen LogP contribution in [0.25, 0.3) is 11.3 Å². The first-order chi connectivity index (χ1) is 11.1. The first-order valence-corrected chi connectivity index (χ1v) is 8.25. The Morgan fingerprint density at radius 1 is 1.22 bits per heavy atom. The number of hydrogen-bond donors (Lipinski definition) is 1. The van der Waals surface area contributed by atoms with Crippen LogP contribution in [-0.4, -0.2) is 29.3 Å². The second-order valence-corrected chi connectivity index (χ2v) is 6.81. The molecule has 2 aromatic rings. The average Bonchev–Trinajstić information content (AvgIpc) is 3.20. The molecule has 2 atom stereocenters. The molecule has 2 aliphatic rings. The summed E-state index contributed by atoms with van der Waals surface area (Å²) in [7, 11) is 0. The Balaban J connectivity index is 1.71. The van der Waals surface area contributed by atoms with Gasteiger partial charge in [-0.2, -0.15) is 0 Å². The molecule has 1 aliphatic heterocycles. The number of benzene rings is 1. The van der Waals surface area contributed by atoms with Gasteiger partial charge >= 0.3 is 5.97 Å². The number of carboxylic acid groups (broad SMARTS) is 1. The molecule has 4 rings (SSSR count). The standard InChI is InChI=1S/C17H17ClN2O3/c18-13-6-4-10(5-7-13)15-14(17(21)22)16(19-23-15)20-8-11-2-1-3-12(11)9-20/h4-7,11-12H,1-3,8-9H2,(H,21,22)/t11-,12+. The first kappa shape index (κ1) is 14.6. The maximum atomic E-state index is 11.8. The summed E-state index contributed by atoms with van der Waals surface area (Å²) < 4.78 is 5.40. The largest absolute Gasteiger partial charge is 0.477 e. The molecule has 1 aromatic heterocycles. The second kappa shape index (κ2) is 5.57. The quantitative estimate of drug-likeness (QED) is 0.922. The predicted octanol–water partition coefficient (Wildman–Crippen LogP) is 3.93. The predicted molar refractivity (Wildman–Crippen MR) is 87.0 cm³/mol. The van der Waals surface area contributed by atoms with Gasteiger partial charge in [-0.25, -0.2) is 4.79 Å². The lowest BCUT2D eigenvalue weighted by Gasteiger charge is -2.16. The fraction of sp³-hybridized carbons (Fsp3) is 0.412. The van der Waals surface area contributed by atoms with Gasteiger partial charge in [0.15, 0.2) is 17.1 Å². The molecule has 0 amide bonds. The van der Waals surface area contributed by atoms with E-state index in [1.165, 1.54) is 19.3 Å². The molecular weight excluding hydrogens is 316 g/mol. The van der Waals surface area contributed by atoms with Crippen LogP contribution in [0.5, 0.6) is 0 Å². The highest BCUT2D eigenvalue weighted by Gasteiger charge is 2.39. The van der Waals surface area contributed by atoms with Crippen molar-refractivity contribution < 1.29 is 14.4 Å².